The van der Waals surface area contributed by atoms with Gasteiger partial charge in [0.2, 0.25) is 0 Å². The molecule has 0 amide bonds. The van der Waals surface area contributed by atoms with Gasteiger partial charge in [-0.15, -0.1) is 0 Å². The Balaban J connectivity index is -0.000000180. The maximum atomic E-state index is 9.66. The Bertz CT molecular complexity index is 88.3. The van der Waals surface area contributed by atoms with Crippen LogP contribution < -0.4 is 17.5 Å². The average Bonchev–Trinajstić information content (AvgIpc) is 1.31. The summed E-state index contributed by atoms with van der Waals surface area (Å²) in [6, 6.07) is 0. The number of carbonyl (C=O) groups excluding carboxylic acids is 1. The van der Waals surface area contributed by atoms with Gasteiger partial charge in [0.05, 0.1) is 11.6 Å². The van der Waals surface area contributed by atoms with Crippen molar-refractivity contribution >= 4 is 29.9 Å². The molecule has 0 rings (SSSR count). The normalized spacial score (nSPS) is 8.78. The number of rotatable bonds is 1. The van der Waals surface area contributed by atoms with E-state index in [1.807, 2.05) is 0 Å². The van der Waals surface area contributed by atoms with E-state index in [0.717, 1.165) is 13.8 Å². The molecule has 3 nitrogen and oxygen atoms in total. The van der Waals surface area contributed by atoms with Crippen LogP contribution in [0.3, 0.4) is 0 Å². The van der Waals surface area contributed by atoms with E-state index in [1.54, 1.807) is 0 Å². The number of aliphatic hydroxyl groups is 1. The van der Waals surface area contributed by atoms with Crippen LogP contribution in [0.4, 0.5) is 0 Å². The largest absolute Gasteiger partial charge is 2.00 e. The first kappa shape index (κ1) is 16.3. The molecule has 0 aliphatic rings. The van der Waals surface area contributed by atoms with Gasteiger partial charge >= 0.3 is 23.9 Å². The zero-order valence-electron chi connectivity index (χ0n) is 5.14. The minimum atomic E-state index is -1.69. The Hall–Kier alpha value is 0.519. The van der Waals surface area contributed by atoms with Crippen LogP contribution in [0.5, 0.6) is 0 Å². The van der Waals surface area contributed by atoms with Gasteiger partial charge in [0.1, 0.15) is 0 Å². The molecule has 0 aromatic heterocycles. The van der Waals surface area contributed by atoms with Gasteiger partial charge < -0.3 is 27.4 Å². The van der Waals surface area contributed by atoms with Crippen LogP contribution in [0.2, 0.25) is 0 Å². The first-order valence-corrected chi connectivity index (χ1v) is 1.88. The summed E-state index contributed by atoms with van der Waals surface area (Å²) < 4.78 is 0. The van der Waals surface area contributed by atoms with Gasteiger partial charge in [0, 0.05) is 0 Å². The van der Waals surface area contributed by atoms with Gasteiger partial charge in [0.15, 0.2) is 0 Å². The molecule has 2 radical (unpaired) electrons. The van der Waals surface area contributed by atoms with Crippen molar-refractivity contribution in [2.24, 2.45) is 0 Å². The topological polar surface area (TPSA) is 60.4 Å². The molecule has 0 atom stereocenters. The van der Waals surface area contributed by atoms with Gasteiger partial charge in [-0.2, -0.15) is 0 Å². The molecule has 0 saturated heterocycles. The third-order valence-corrected chi connectivity index (χ3v) is 0.500. The van der Waals surface area contributed by atoms with E-state index in [4.69, 9.17) is 5.11 Å². The Morgan fingerprint density at radius 1 is 1.56 bits per heavy atom. The first-order valence-electron chi connectivity index (χ1n) is 1.88. The van der Waals surface area contributed by atoms with Crippen molar-refractivity contribution in [1.29, 1.82) is 0 Å². The van der Waals surface area contributed by atoms with Crippen LogP contribution in [-0.2, 0) is 4.79 Å². The SMILES string of the molecule is CC(C)(O)C(=O)[O-].[Cl-].[Sn+2]. The quantitative estimate of drug-likeness (QED) is 0.479. The van der Waals surface area contributed by atoms with E-state index >= 15 is 0 Å². The molecule has 1 N–H and O–H groups in total. The molecule has 0 bridgehead atoms. The minimum Gasteiger partial charge on any atom is -1.00 e. The smallest absolute Gasteiger partial charge is 1.00 e. The second kappa shape index (κ2) is 5.32. The zero-order valence-corrected chi connectivity index (χ0v) is 8.75. The molecule has 0 aliphatic carbocycles. The molecule has 0 unspecified atom stereocenters. The Morgan fingerprint density at radius 3 is 1.67 bits per heavy atom. The summed E-state index contributed by atoms with van der Waals surface area (Å²) in [4.78, 5) is 9.66. The molecule has 0 saturated carbocycles. The van der Waals surface area contributed by atoms with Crippen molar-refractivity contribution in [1.82, 2.24) is 0 Å². The molecule has 0 fully saturated rings. The van der Waals surface area contributed by atoms with Crippen LogP contribution in [0.15, 0.2) is 0 Å². The Kier molecular flexibility index (Phi) is 9.60. The van der Waals surface area contributed by atoms with Gasteiger partial charge in [-0.1, -0.05) is 0 Å². The first-order chi connectivity index (χ1) is 2.94. The number of hydrogen-bond acceptors (Lipinski definition) is 3. The molecule has 52 valence electrons. The number of hydrogen-bond donors (Lipinski definition) is 1. The molecule has 0 heterocycles. The fourth-order valence-electron chi connectivity index (χ4n) is 0. The third-order valence-electron chi connectivity index (χ3n) is 0.500. The molecule has 0 aromatic rings. The summed E-state index contributed by atoms with van der Waals surface area (Å²) >= 11 is 0. The molecule has 0 spiro atoms. The predicted molar refractivity (Wildman–Crippen MR) is 27.1 cm³/mol. The maximum absolute atomic E-state index is 9.66. The van der Waals surface area contributed by atoms with Gasteiger partial charge in [-0.3, -0.25) is 0 Å². The monoisotopic (exact) mass is 258 g/mol. The van der Waals surface area contributed by atoms with Crippen molar-refractivity contribution < 1.29 is 27.4 Å². The standard InChI is InChI=1S/C4H8O3.ClH.Sn/c1-4(2,7)3(5)6;;/h7H,1-2H3,(H,5,6);1H;/q;;+2/p-2. The van der Waals surface area contributed by atoms with Crippen LogP contribution in [0.25, 0.3) is 0 Å². The Labute approximate surface area is 76.8 Å². The van der Waals surface area contributed by atoms with E-state index in [0.29, 0.717) is 0 Å². The number of aliphatic carboxylic acids is 1. The maximum Gasteiger partial charge on any atom is 2.00 e. The van der Waals surface area contributed by atoms with Crippen LogP contribution in [0.1, 0.15) is 13.8 Å². The summed E-state index contributed by atoms with van der Waals surface area (Å²) in [6.07, 6.45) is 0. The summed E-state index contributed by atoms with van der Waals surface area (Å²) in [6.45, 7) is 2.31. The summed E-state index contributed by atoms with van der Waals surface area (Å²) in [5.41, 5.74) is -1.69. The van der Waals surface area contributed by atoms with Crippen molar-refractivity contribution in [2.75, 3.05) is 0 Å². The van der Waals surface area contributed by atoms with Crippen molar-refractivity contribution in [3.8, 4) is 0 Å². The number of carboxylic acid groups (broad SMARTS) is 1. The van der Waals surface area contributed by atoms with Gasteiger partial charge in [-0.05, 0) is 13.8 Å². The number of halogens is 1. The molecular formula is C4H7ClO3Sn. The minimum absolute atomic E-state index is 0. The average molecular weight is 257 g/mol. The number of carbonyl (C=O) groups is 1. The van der Waals surface area contributed by atoms with Crippen LogP contribution >= 0.6 is 0 Å². The fraction of sp³-hybridized carbons (Fsp3) is 0.750. The van der Waals surface area contributed by atoms with Gasteiger partial charge in [-0.25, -0.2) is 0 Å². The fourth-order valence-corrected chi connectivity index (χ4v) is 0. The second-order valence-corrected chi connectivity index (χ2v) is 1.85. The van der Waals surface area contributed by atoms with Gasteiger partial charge in [0.25, 0.3) is 0 Å². The van der Waals surface area contributed by atoms with E-state index in [9.17, 15) is 9.90 Å². The van der Waals surface area contributed by atoms with Crippen LogP contribution in [-0.4, -0.2) is 40.6 Å². The Morgan fingerprint density at radius 2 is 1.67 bits per heavy atom. The molecule has 0 aromatic carbocycles. The zero-order chi connectivity index (χ0) is 6.08. The molecule has 5 heteroatoms. The van der Waals surface area contributed by atoms with E-state index < -0.39 is 11.6 Å². The summed E-state index contributed by atoms with van der Waals surface area (Å²) in [5.74, 6) is -1.45. The number of carboxylic acids is 1. The van der Waals surface area contributed by atoms with E-state index in [-0.39, 0.29) is 36.3 Å². The van der Waals surface area contributed by atoms with Crippen molar-refractivity contribution in [3.05, 3.63) is 0 Å². The van der Waals surface area contributed by atoms with Crippen LogP contribution in [0, 0.1) is 0 Å². The molecule has 0 aliphatic heterocycles. The molecule has 9 heavy (non-hydrogen) atoms. The summed E-state index contributed by atoms with van der Waals surface area (Å²) in [7, 11) is 0. The second-order valence-electron chi connectivity index (χ2n) is 1.85. The van der Waals surface area contributed by atoms with Crippen molar-refractivity contribution in [2.45, 2.75) is 19.4 Å². The summed E-state index contributed by atoms with van der Waals surface area (Å²) in [5, 5.41) is 18.1. The predicted octanol–water partition coefficient (Wildman–Crippen LogP) is -4.87. The van der Waals surface area contributed by atoms with E-state index in [1.165, 1.54) is 0 Å². The van der Waals surface area contributed by atoms with E-state index in [2.05, 4.69) is 0 Å². The molecular weight excluding hydrogens is 250 g/mol. The van der Waals surface area contributed by atoms with Crippen molar-refractivity contribution in [3.63, 3.8) is 0 Å². The third kappa shape index (κ3) is 8.52.